The van der Waals surface area contributed by atoms with Gasteiger partial charge in [0.25, 0.3) is 5.69 Å². The molecule has 2 rings (SSSR count). The Morgan fingerprint density at radius 2 is 2.20 bits per heavy atom. The molecule has 0 spiro atoms. The second-order valence-corrected chi connectivity index (χ2v) is 3.65. The molecule has 0 aromatic heterocycles. The molecule has 5 nitrogen and oxygen atoms in total. The van der Waals surface area contributed by atoms with E-state index in [0.29, 0.717) is 18.4 Å². The maximum absolute atomic E-state index is 10.5. The molecule has 5 heteroatoms. The molecule has 1 aromatic carbocycles. The minimum absolute atomic E-state index is 0.0420. The normalized spacial score (nSPS) is 16.7. The number of rotatable bonds is 2. The number of benzene rings is 1. The number of nitro benzene ring substituents is 1. The van der Waals surface area contributed by atoms with Gasteiger partial charge in [-0.2, -0.15) is 5.26 Å². The fourth-order valence-electron chi connectivity index (χ4n) is 1.59. The van der Waals surface area contributed by atoms with Crippen LogP contribution in [-0.2, 0) is 5.41 Å². The first kappa shape index (κ1) is 9.46. The topological polar surface area (TPSA) is 87.2 Å². The number of hydrogen-bond donors (Lipinski definition) is 1. The molecule has 1 aromatic rings. The van der Waals surface area contributed by atoms with E-state index >= 15 is 0 Å². The largest absolute Gasteiger partial charge is 0.508 e. The minimum atomic E-state index is -0.698. The number of phenolic OH excluding ortho intramolecular Hbond substituents is 1. The summed E-state index contributed by atoms with van der Waals surface area (Å²) in [6, 6.07) is 5.87. The van der Waals surface area contributed by atoms with E-state index in [4.69, 9.17) is 5.26 Å². The second kappa shape index (κ2) is 2.95. The minimum Gasteiger partial charge on any atom is -0.508 e. The van der Waals surface area contributed by atoms with Gasteiger partial charge in [0.05, 0.1) is 16.4 Å². The van der Waals surface area contributed by atoms with E-state index in [2.05, 4.69) is 6.07 Å². The number of aromatic hydroxyl groups is 1. The van der Waals surface area contributed by atoms with Crippen LogP contribution in [0.2, 0.25) is 0 Å². The number of nitro groups is 1. The van der Waals surface area contributed by atoms with Crippen molar-refractivity contribution in [1.29, 1.82) is 5.26 Å². The Kier molecular flexibility index (Phi) is 1.86. The highest BCUT2D eigenvalue weighted by Gasteiger charge is 2.47. The first-order valence-electron chi connectivity index (χ1n) is 4.48. The molecule has 1 fully saturated rings. The summed E-state index contributed by atoms with van der Waals surface area (Å²) in [7, 11) is 0. The lowest BCUT2D eigenvalue weighted by Gasteiger charge is -2.07. The van der Waals surface area contributed by atoms with E-state index in [1.807, 2.05) is 0 Å². The van der Waals surface area contributed by atoms with Crippen LogP contribution in [0.25, 0.3) is 0 Å². The maximum Gasteiger partial charge on any atom is 0.270 e. The third-order valence-electron chi connectivity index (χ3n) is 2.67. The van der Waals surface area contributed by atoms with Gasteiger partial charge in [0.2, 0.25) is 0 Å². The van der Waals surface area contributed by atoms with Crippen molar-refractivity contribution in [2.75, 3.05) is 0 Å². The Morgan fingerprint density at radius 1 is 1.53 bits per heavy atom. The number of nitrogens with zero attached hydrogens (tertiary/aromatic N) is 2. The molecule has 76 valence electrons. The van der Waals surface area contributed by atoms with Crippen molar-refractivity contribution in [3.8, 4) is 11.8 Å². The first-order chi connectivity index (χ1) is 7.09. The highest BCUT2D eigenvalue weighted by Crippen LogP contribution is 2.51. The van der Waals surface area contributed by atoms with Crippen molar-refractivity contribution < 1.29 is 10.0 Å². The lowest BCUT2D eigenvalue weighted by atomic mass is 9.96. The molecule has 0 aliphatic heterocycles. The molecule has 0 atom stereocenters. The van der Waals surface area contributed by atoms with Gasteiger partial charge in [0, 0.05) is 17.7 Å². The van der Waals surface area contributed by atoms with Crippen molar-refractivity contribution in [1.82, 2.24) is 0 Å². The maximum atomic E-state index is 10.5. The number of phenols is 1. The van der Waals surface area contributed by atoms with Gasteiger partial charge in [-0.1, -0.05) is 0 Å². The molecule has 0 bridgehead atoms. The molecule has 1 aliphatic rings. The molecule has 0 saturated heterocycles. The van der Waals surface area contributed by atoms with E-state index in [1.165, 1.54) is 18.2 Å². The van der Waals surface area contributed by atoms with Gasteiger partial charge in [0.1, 0.15) is 5.75 Å². The molecule has 0 unspecified atom stereocenters. The van der Waals surface area contributed by atoms with Gasteiger partial charge >= 0.3 is 0 Å². The summed E-state index contributed by atoms with van der Waals surface area (Å²) in [6.45, 7) is 0. The number of nitriles is 1. The zero-order chi connectivity index (χ0) is 11.1. The third-order valence-corrected chi connectivity index (χ3v) is 2.67. The highest BCUT2D eigenvalue weighted by atomic mass is 16.6. The van der Waals surface area contributed by atoms with Crippen LogP contribution >= 0.6 is 0 Å². The summed E-state index contributed by atoms with van der Waals surface area (Å²) >= 11 is 0. The molecule has 15 heavy (non-hydrogen) atoms. The van der Waals surface area contributed by atoms with Crippen molar-refractivity contribution in [2.24, 2.45) is 0 Å². The van der Waals surface area contributed by atoms with Gasteiger partial charge < -0.3 is 5.11 Å². The van der Waals surface area contributed by atoms with E-state index in [9.17, 15) is 15.2 Å². The Balaban J connectivity index is 2.52. The Labute approximate surface area is 85.7 Å². The Hall–Kier alpha value is -2.09. The summed E-state index contributed by atoms with van der Waals surface area (Å²) in [4.78, 5) is 10.0. The molecular formula is C10H8N2O3. The third kappa shape index (κ3) is 1.40. The van der Waals surface area contributed by atoms with E-state index in [1.54, 1.807) is 0 Å². The van der Waals surface area contributed by atoms with Crippen LogP contribution in [0.4, 0.5) is 5.69 Å². The van der Waals surface area contributed by atoms with Gasteiger partial charge in [0.15, 0.2) is 0 Å². The predicted octanol–water partition coefficient (Wildman–Crippen LogP) is 1.86. The molecule has 1 aliphatic carbocycles. The molecule has 1 saturated carbocycles. The van der Waals surface area contributed by atoms with E-state index in [0.717, 1.165) is 0 Å². The van der Waals surface area contributed by atoms with Crippen molar-refractivity contribution in [3.05, 3.63) is 33.9 Å². The second-order valence-electron chi connectivity index (χ2n) is 3.65. The Bertz CT molecular complexity index is 472. The molecule has 1 N–H and O–H groups in total. The lowest BCUT2D eigenvalue weighted by Crippen LogP contribution is -2.03. The highest BCUT2D eigenvalue weighted by molar-refractivity contribution is 5.52. The predicted molar refractivity (Wildman–Crippen MR) is 51.3 cm³/mol. The van der Waals surface area contributed by atoms with Crippen LogP contribution in [0.1, 0.15) is 18.4 Å². The number of hydrogen-bond acceptors (Lipinski definition) is 4. The van der Waals surface area contributed by atoms with Crippen molar-refractivity contribution >= 4 is 5.69 Å². The molecular weight excluding hydrogens is 196 g/mol. The first-order valence-corrected chi connectivity index (χ1v) is 4.48. The van der Waals surface area contributed by atoms with Gasteiger partial charge in [-0.25, -0.2) is 0 Å². The smallest absolute Gasteiger partial charge is 0.270 e. The standard InChI is InChI=1S/C10H8N2O3/c11-6-10(3-4-10)8-5-7(12(14)15)1-2-9(8)13/h1-2,5,13H,3-4H2. The summed E-state index contributed by atoms with van der Waals surface area (Å²) in [5.74, 6) is -0.0420. The van der Waals surface area contributed by atoms with Crippen molar-refractivity contribution in [2.45, 2.75) is 18.3 Å². The monoisotopic (exact) mass is 204 g/mol. The van der Waals surface area contributed by atoms with Crippen LogP contribution in [-0.4, -0.2) is 10.0 Å². The molecule has 0 amide bonds. The van der Waals surface area contributed by atoms with Crippen LogP contribution in [0, 0.1) is 21.4 Å². The van der Waals surface area contributed by atoms with Gasteiger partial charge in [-0.3, -0.25) is 10.1 Å². The lowest BCUT2D eigenvalue weighted by molar-refractivity contribution is -0.385. The van der Waals surface area contributed by atoms with E-state index in [-0.39, 0.29) is 11.4 Å². The summed E-state index contributed by atoms with van der Waals surface area (Å²) in [6.07, 6.45) is 1.30. The van der Waals surface area contributed by atoms with Crippen LogP contribution in [0.3, 0.4) is 0 Å². The molecule has 0 heterocycles. The average Bonchev–Trinajstić information content (AvgIpc) is 2.99. The fraction of sp³-hybridized carbons (Fsp3) is 0.300. The Morgan fingerprint density at radius 3 is 2.67 bits per heavy atom. The summed E-state index contributed by atoms with van der Waals surface area (Å²) < 4.78 is 0. The fourth-order valence-corrected chi connectivity index (χ4v) is 1.59. The average molecular weight is 204 g/mol. The van der Waals surface area contributed by atoms with E-state index < -0.39 is 10.3 Å². The zero-order valence-corrected chi connectivity index (χ0v) is 7.80. The van der Waals surface area contributed by atoms with Crippen molar-refractivity contribution in [3.63, 3.8) is 0 Å². The number of non-ortho nitro benzene ring substituents is 1. The van der Waals surface area contributed by atoms with Crippen LogP contribution in [0.5, 0.6) is 5.75 Å². The van der Waals surface area contributed by atoms with Gasteiger partial charge in [-0.05, 0) is 18.9 Å². The van der Waals surface area contributed by atoms with Crippen LogP contribution < -0.4 is 0 Å². The zero-order valence-electron chi connectivity index (χ0n) is 7.80. The SMILES string of the molecule is N#CC1(c2cc([N+](=O)[O-])ccc2O)CC1. The van der Waals surface area contributed by atoms with Gasteiger partial charge in [-0.15, -0.1) is 0 Å². The molecule has 0 radical (unpaired) electrons. The summed E-state index contributed by atoms with van der Waals surface area (Å²) in [5.41, 5.74) is -0.417. The summed E-state index contributed by atoms with van der Waals surface area (Å²) in [5, 5.41) is 29.0. The van der Waals surface area contributed by atoms with Crippen LogP contribution in [0.15, 0.2) is 18.2 Å². The quantitative estimate of drug-likeness (QED) is 0.588.